The molecule has 0 bridgehead atoms. The Hall–Kier alpha value is -7.04. The zero-order valence-corrected chi connectivity index (χ0v) is 37.3. The molecule has 7 aromatic carbocycles. The number of para-hydroxylation sites is 3. The van der Waals surface area contributed by atoms with Gasteiger partial charge in [0, 0.05) is 17.0 Å². The van der Waals surface area contributed by atoms with Gasteiger partial charge in [-0.15, -0.1) is 0 Å². The Balaban J connectivity index is 1.19. The third kappa shape index (κ3) is 5.88. The van der Waals surface area contributed by atoms with Crippen LogP contribution in [0.2, 0.25) is 0 Å². The van der Waals surface area contributed by atoms with E-state index in [4.69, 9.17) is 4.98 Å². The second kappa shape index (κ2) is 14.5. The van der Waals surface area contributed by atoms with Crippen molar-refractivity contribution in [3.63, 3.8) is 0 Å². The summed E-state index contributed by atoms with van der Waals surface area (Å²) < 4.78 is 7.16. The third-order valence-electron chi connectivity index (χ3n) is 13.6. The molecule has 0 aliphatic heterocycles. The summed E-state index contributed by atoms with van der Waals surface area (Å²) in [5.41, 5.74) is 17.9. The molecule has 0 saturated heterocycles. The fourth-order valence-electron chi connectivity index (χ4n) is 10.8. The van der Waals surface area contributed by atoms with Crippen molar-refractivity contribution >= 4 is 32.8 Å². The number of hydrogen-bond donors (Lipinski definition) is 0. The molecule has 10 aromatic rings. The highest BCUT2D eigenvalue weighted by Crippen LogP contribution is 2.57. The predicted octanol–water partition coefficient (Wildman–Crippen LogP) is 14.4. The van der Waals surface area contributed by atoms with Crippen molar-refractivity contribution in [3.05, 3.63) is 216 Å². The van der Waals surface area contributed by atoms with Crippen LogP contribution in [0.3, 0.4) is 0 Å². The van der Waals surface area contributed by atoms with Crippen molar-refractivity contribution in [2.24, 2.45) is 0 Å². The summed E-state index contributed by atoms with van der Waals surface area (Å²) in [5.74, 6) is 1.68. The molecular formula is C59H53N4+. The van der Waals surface area contributed by atoms with Gasteiger partial charge in [0.1, 0.15) is 17.0 Å². The number of rotatable bonds is 7. The molecule has 0 N–H and O–H groups in total. The molecule has 3 heterocycles. The third-order valence-corrected chi connectivity index (χ3v) is 13.6. The van der Waals surface area contributed by atoms with E-state index in [0.717, 1.165) is 22.5 Å². The Morgan fingerprint density at radius 2 is 1.14 bits per heavy atom. The largest absolute Gasteiger partial charge is 0.294 e. The van der Waals surface area contributed by atoms with Crippen LogP contribution in [0.4, 0.5) is 0 Å². The standard InChI is InChI=1S/C59H53N4/c1-38(2)44-23-17-24-45(39(3)4)57(44)40-32-33-60-56(34-40)63-52-27-13-10-22-48(52)49-31-30-42(36-55(49)63)59(50-25-11-8-20-46(50)47-21-9-12-26-51(47)59)41-18-16-19-43(35-41)61-37-62(58(5,6)7)54-29-15-14-28-53(54)61/h8-39H,1-7H3/q+1. The number of fused-ring (bicyclic) bond motifs is 7. The predicted molar refractivity (Wildman–Crippen MR) is 262 cm³/mol. The molecule has 63 heavy (non-hydrogen) atoms. The van der Waals surface area contributed by atoms with Crippen molar-refractivity contribution in [3.8, 4) is 33.8 Å². The van der Waals surface area contributed by atoms with Crippen molar-refractivity contribution < 1.29 is 4.57 Å². The zero-order valence-electron chi connectivity index (χ0n) is 37.3. The van der Waals surface area contributed by atoms with Gasteiger partial charge in [-0.3, -0.25) is 4.57 Å². The zero-order chi connectivity index (χ0) is 43.2. The van der Waals surface area contributed by atoms with Crippen LogP contribution < -0.4 is 4.57 Å². The Morgan fingerprint density at radius 1 is 0.540 bits per heavy atom. The highest BCUT2D eigenvalue weighted by atomic mass is 15.2. The van der Waals surface area contributed by atoms with Crippen molar-refractivity contribution in [2.75, 3.05) is 0 Å². The van der Waals surface area contributed by atoms with E-state index in [9.17, 15) is 0 Å². The Kier molecular flexibility index (Phi) is 8.96. The summed E-state index contributed by atoms with van der Waals surface area (Å²) in [6.07, 6.45) is 4.28. The van der Waals surface area contributed by atoms with Gasteiger partial charge in [0.2, 0.25) is 6.33 Å². The van der Waals surface area contributed by atoms with Gasteiger partial charge < -0.3 is 0 Å². The lowest BCUT2D eigenvalue weighted by Crippen LogP contribution is -2.49. The molecule has 0 fully saturated rings. The number of hydrogen-bond acceptors (Lipinski definition) is 1. The van der Waals surface area contributed by atoms with Crippen LogP contribution in [0.25, 0.3) is 66.6 Å². The second-order valence-electron chi connectivity index (χ2n) is 19.0. The number of nitrogens with zero attached hydrogens (tertiary/aromatic N) is 4. The van der Waals surface area contributed by atoms with E-state index in [2.05, 4.69) is 238 Å². The van der Waals surface area contributed by atoms with Gasteiger partial charge in [-0.05, 0) is 137 Å². The van der Waals surface area contributed by atoms with Gasteiger partial charge in [0.05, 0.1) is 16.4 Å². The van der Waals surface area contributed by atoms with E-state index in [1.54, 1.807) is 0 Å². The van der Waals surface area contributed by atoms with E-state index in [1.807, 2.05) is 6.20 Å². The topological polar surface area (TPSA) is 26.6 Å². The summed E-state index contributed by atoms with van der Waals surface area (Å²) in [5, 5.41) is 2.42. The molecule has 0 spiro atoms. The van der Waals surface area contributed by atoms with Crippen LogP contribution >= 0.6 is 0 Å². The smallest absolute Gasteiger partial charge is 0.250 e. The van der Waals surface area contributed by atoms with Crippen LogP contribution in [0, 0.1) is 0 Å². The maximum atomic E-state index is 5.18. The minimum atomic E-state index is -0.612. The average molecular weight is 818 g/mol. The van der Waals surface area contributed by atoms with Crippen LogP contribution in [-0.4, -0.2) is 14.1 Å². The molecule has 0 atom stereocenters. The SMILES string of the molecule is CC(C)c1cccc(C(C)C)c1-c1ccnc(-n2c3ccccc3c3ccc(C4(c5cccc(-n6c[n+](C(C)(C)C)c7ccccc76)c5)c5ccccc5-c5ccccc54)cc32)c1. The molecule has 3 aromatic heterocycles. The molecule has 4 nitrogen and oxygen atoms in total. The van der Waals surface area contributed by atoms with Gasteiger partial charge in [-0.25, -0.2) is 9.55 Å². The first-order valence-electron chi connectivity index (χ1n) is 22.5. The monoisotopic (exact) mass is 817 g/mol. The molecule has 0 saturated carbocycles. The first-order valence-corrected chi connectivity index (χ1v) is 22.5. The van der Waals surface area contributed by atoms with E-state index >= 15 is 0 Å². The van der Waals surface area contributed by atoms with Crippen molar-refractivity contribution in [1.82, 2.24) is 14.1 Å². The Bertz CT molecular complexity index is 3330. The number of pyridine rings is 1. The number of imidazole rings is 1. The number of aromatic nitrogens is 4. The van der Waals surface area contributed by atoms with E-state index < -0.39 is 5.41 Å². The van der Waals surface area contributed by atoms with Crippen LogP contribution in [0.5, 0.6) is 0 Å². The van der Waals surface area contributed by atoms with Gasteiger partial charge in [-0.1, -0.05) is 149 Å². The lowest BCUT2D eigenvalue weighted by molar-refractivity contribution is -0.731. The quantitative estimate of drug-likeness (QED) is 0.147. The van der Waals surface area contributed by atoms with Gasteiger partial charge in [0.25, 0.3) is 0 Å². The van der Waals surface area contributed by atoms with Crippen molar-refractivity contribution in [1.29, 1.82) is 0 Å². The minimum Gasteiger partial charge on any atom is -0.294 e. The van der Waals surface area contributed by atoms with Crippen LogP contribution in [-0.2, 0) is 11.0 Å². The van der Waals surface area contributed by atoms with Gasteiger partial charge in [-0.2, -0.15) is 4.57 Å². The Morgan fingerprint density at radius 3 is 1.84 bits per heavy atom. The van der Waals surface area contributed by atoms with Crippen LogP contribution in [0.1, 0.15) is 93.7 Å². The molecule has 0 unspecified atom stereocenters. The normalized spacial score (nSPS) is 13.4. The fourth-order valence-corrected chi connectivity index (χ4v) is 10.8. The molecule has 0 amide bonds. The molecular weight excluding hydrogens is 765 g/mol. The van der Waals surface area contributed by atoms with Crippen molar-refractivity contribution in [2.45, 2.75) is 71.3 Å². The maximum absolute atomic E-state index is 5.18. The van der Waals surface area contributed by atoms with Gasteiger partial charge >= 0.3 is 0 Å². The van der Waals surface area contributed by atoms with E-state index in [1.165, 1.54) is 77.4 Å². The fraction of sp³-hybridized carbons (Fsp3) is 0.186. The summed E-state index contributed by atoms with van der Waals surface area (Å²) in [7, 11) is 0. The average Bonchev–Trinajstić information content (AvgIpc) is 3.96. The number of benzene rings is 7. The van der Waals surface area contributed by atoms with Gasteiger partial charge in [0.15, 0.2) is 11.0 Å². The second-order valence-corrected chi connectivity index (χ2v) is 19.0. The van der Waals surface area contributed by atoms with E-state index in [0.29, 0.717) is 11.8 Å². The summed E-state index contributed by atoms with van der Waals surface area (Å²) in [6.45, 7) is 16.0. The lowest BCUT2D eigenvalue weighted by Gasteiger charge is -2.34. The van der Waals surface area contributed by atoms with Crippen LogP contribution in [0.15, 0.2) is 182 Å². The Labute approximate surface area is 370 Å². The molecule has 1 aliphatic rings. The molecule has 0 radical (unpaired) electrons. The first-order chi connectivity index (χ1) is 30.6. The molecule has 308 valence electrons. The lowest BCUT2D eigenvalue weighted by atomic mass is 9.67. The highest BCUT2D eigenvalue weighted by molar-refractivity contribution is 6.09. The molecule has 4 heteroatoms. The minimum absolute atomic E-state index is 0.0935. The van der Waals surface area contributed by atoms with E-state index in [-0.39, 0.29) is 5.54 Å². The summed E-state index contributed by atoms with van der Waals surface area (Å²) in [6, 6.07) is 63.5. The molecule has 1 aliphatic carbocycles. The highest BCUT2D eigenvalue weighted by Gasteiger charge is 2.46. The maximum Gasteiger partial charge on any atom is 0.250 e. The first kappa shape index (κ1) is 38.9. The summed E-state index contributed by atoms with van der Waals surface area (Å²) in [4.78, 5) is 5.18. The molecule has 11 rings (SSSR count). The summed E-state index contributed by atoms with van der Waals surface area (Å²) >= 11 is 0.